The van der Waals surface area contributed by atoms with Crippen LogP contribution in [0.1, 0.15) is 40.0 Å². The van der Waals surface area contributed by atoms with Gasteiger partial charge in [-0.2, -0.15) is 0 Å². The molecule has 2 aliphatic rings. The van der Waals surface area contributed by atoms with Gasteiger partial charge in [0, 0.05) is 37.8 Å². The maximum atomic E-state index is 11.5. The summed E-state index contributed by atoms with van der Waals surface area (Å²) < 4.78 is 0. The quantitative estimate of drug-likeness (QED) is 0.740. The van der Waals surface area contributed by atoms with Crippen LogP contribution in [0.15, 0.2) is 0 Å². The lowest BCUT2D eigenvalue weighted by molar-refractivity contribution is -0.120. The predicted molar refractivity (Wildman–Crippen MR) is 81.5 cm³/mol. The maximum Gasteiger partial charge on any atom is 0.234 e. The summed E-state index contributed by atoms with van der Waals surface area (Å²) in [4.78, 5) is 16.7. The zero-order valence-corrected chi connectivity index (χ0v) is 13.1. The fraction of sp³-hybridized carbons (Fsp3) is 0.933. The number of nitrogens with two attached hydrogens (primary N) is 1. The second-order valence-corrected chi connectivity index (χ2v) is 6.70. The Labute approximate surface area is 122 Å². The number of amides is 1. The van der Waals surface area contributed by atoms with Crippen LogP contribution in [0.2, 0.25) is 0 Å². The maximum absolute atomic E-state index is 11.5. The summed E-state index contributed by atoms with van der Waals surface area (Å²) in [5.41, 5.74) is 5.49. The van der Waals surface area contributed by atoms with E-state index in [1.54, 1.807) is 0 Å². The van der Waals surface area contributed by atoms with E-state index in [0.717, 1.165) is 25.6 Å². The first-order valence-electron chi connectivity index (χ1n) is 8.01. The van der Waals surface area contributed by atoms with Gasteiger partial charge in [0.1, 0.15) is 0 Å². The van der Waals surface area contributed by atoms with Crippen molar-refractivity contribution in [3.05, 3.63) is 0 Å². The average molecular weight is 282 g/mol. The van der Waals surface area contributed by atoms with Crippen LogP contribution in [0.3, 0.4) is 0 Å². The molecule has 0 aromatic heterocycles. The van der Waals surface area contributed by atoms with Crippen molar-refractivity contribution in [1.82, 2.24) is 15.1 Å². The molecule has 0 aromatic carbocycles. The van der Waals surface area contributed by atoms with Gasteiger partial charge in [0.15, 0.2) is 0 Å². The van der Waals surface area contributed by atoms with Crippen LogP contribution in [0.25, 0.3) is 0 Å². The van der Waals surface area contributed by atoms with Gasteiger partial charge in [0.2, 0.25) is 5.91 Å². The summed E-state index contributed by atoms with van der Waals surface area (Å²) >= 11 is 0. The summed E-state index contributed by atoms with van der Waals surface area (Å²) in [7, 11) is 0. The lowest BCUT2D eigenvalue weighted by Gasteiger charge is -2.42. The molecule has 0 saturated carbocycles. The van der Waals surface area contributed by atoms with Crippen molar-refractivity contribution in [2.75, 3.05) is 26.2 Å². The molecule has 3 atom stereocenters. The molecule has 0 bridgehead atoms. The SMILES string of the molecule is CC(C)NC(CCN1CC2CCCN2CC1C)C(N)=O. The third-order valence-corrected chi connectivity index (χ3v) is 4.65. The van der Waals surface area contributed by atoms with Gasteiger partial charge < -0.3 is 11.1 Å². The normalized spacial score (nSPS) is 29.6. The van der Waals surface area contributed by atoms with Gasteiger partial charge in [-0.25, -0.2) is 0 Å². The highest BCUT2D eigenvalue weighted by atomic mass is 16.1. The van der Waals surface area contributed by atoms with E-state index in [1.165, 1.54) is 25.9 Å². The molecule has 116 valence electrons. The van der Waals surface area contributed by atoms with E-state index < -0.39 is 0 Å². The second-order valence-electron chi connectivity index (χ2n) is 6.70. The van der Waals surface area contributed by atoms with Gasteiger partial charge in [0.25, 0.3) is 0 Å². The molecular formula is C15H30N4O. The molecule has 3 unspecified atom stereocenters. The molecule has 2 fully saturated rings. The Kier molecular flexibility index (Phi) is 5.41. The van der Waals surface area contributed by atoms with Crippen LogP contribution in [-0.4, -0.2) is 66.1 Å². The summed E-state index contributed by atoms with van der Waals surface area (Å²) in [5.74, 6) is -0.231. The number of primary amides is 1. The highest BCUT2D eigenvalue weighted by molar-refractivity contribution is 5.79. The molecule has 2 rings (SSSR count). The van der Waals surface area contributed by atoms with Crippen molar-refractivity contribution >= 4 is 5.91 Å². The summed E-state index contributed by atoms with van der Waals surface area (Å²) in [6.45, 7) is 10.9. The Morgan fingerprint density at radius 3 is 2.80 bits per heavy atom. The van der Waals surface area contributed by atoms with E-state index in [1.807, 2.05) is 0 Å². The highest BCUT2D eigenvalue weighted by Crippen LogP contribution is 2.24. The van der Waals surface area contributed by atoms with Gasteiger partial charge in [-0.3, -0.25) is 14.6 Å². The number of hydrogen-bond donors (Lipinski definition) is 2. The molecule has 0 spiro atoms. The van der Waals surface area contributed by atoms with Gasteiger partial charge in [0.05, 0.1) is 6.04 Å². The van der Waals surface area contributed by atoms with Gasteiger partial charge >= 0.3 is 0 Å². The van der Waals surface area contributed by atoms with Crippen LogP contribution in [0, 0.1) is 0 Å². The van der Waals surface area contributed by atoms with Crippen molar-refractivity contribution in [2.24, 2.45) is 5.73 Å². The number of carbonyl (C=O) groups excluding carboxylic acids is 1. The fourth-order valence-electron chi connectivity index (χ4n) is 3.56. The molecular weight excluding hydrogens is 252 g/mol. The minimum Gasteiger partial charge on any atom is -0.368 e. The van der Waals surface area contributed by atoms with Crippen LogP contribution < -0.4 is 11.1 Å². The van der Waals surface area contributed by atoms with Crippen LogP contribution in [0.5, 0.6) is 0 Å². The smallest absolute Gasteiger partial charge is 0.234 e. The average Bonchev–Trinajstić information content (AvgIpc) is 2.80. The molecule has 2 aliphatic heterocycles. The zero-order valence-electron chi connectivity index (χ0n) is 13.1. The number of fused-ring (bicyclic) bond motifs is 1. The summed E-state index contributed by atoms with van der Waals surface area (Å²) in [6.07, 6.45) is 3.47. The topological polar surface area (TPSA) is 61.6 Å². The van der Waals surface area contributed by atoms with Crippen molar-refractivity contribution in [1.29, 1.82) is 0 Å². The van der Waals surface area contributed by atoms with Crippen molar-refractivity contribution < 1.29 is 4.79 Å². The minimum absolute atomic E-state index is 0.205. The molecule has 20 heavy (non-hydrogen) atoms. The third kappa shape index (κ3) is 3.93. The molecule has 5 nitrogen and oxygen atoms in total. The third-order valence-electron chi connectivity index (χ3n) is 4.65. The van der Waals surface area contributed by atoms with Gasteiger partial charge in [-0.05, 0) is 32.7 Å². The molecule has 0 radical (unpaired) electrons. The van der Waals surface area contributed by atoms with Gasteiger partial charge in [-0.1, -0.05) is 13.8 Å². The van der Waals surface area contributed by atoms with E-state index in [9.17, 15) is 4.79 Å². The zero-order chi connectivity index (χ0) is 14.7. The van der Waals surface area contributed by atoms with E-state index in [0.29, 0.717) is 6.04 Å². The Balaban J connectivity index is 1.83. The second kappa shape index (κ2) is 6.87. The summed E-state index contributed by atoms with van der Waals surface area (Å²) in [5, 5.41) is 3.27. The Morgan fingerprint density at radius 1 is 1.40 bits per heavy atom. The minimum atomic E-state index is -0.231. The number of nitrogens with zero attached hydrogens (tertiary/aromatic N) is 2. The van der Waals surface area contributed by atoms with Crippen molar-refractivity contribution in [3.8, 4) is 0 Å². The largest absolute Gasteiger partial charge is 0.368 e. The molecule has 5 heteroatoms. The monoisotopic (exact) mass is 282 g/mol. The van der Waals surface area contributed by atoms with E-state index in [2.05, 4.69) is 35.9 Å². The van der Waals surface area contributed by atoms with Crippen LogP contribution in [-0.2, 0) is 4.79 Å². The van der Waals surface area contributed by atoms with E-state index in [4.69, 9.17) is 5.73 Å². The van der Waals surface area contributed by atoms with E-state index >= 15 is 0 Å². The van der Waals surface area contributed by atoms with Gasteiger partial charge in [-0.15, -0.1) is 0 Å². The van der Waals surface area contributed by atoms with Crippen molar-refractivity contribution in [2.45, 2.75) is 64.2 Å². The molecule has 3 N–H and O–H groups in total. The summed E-state index contributed by atoms with van der Waals surface area (Å²) in [6, 6.07) is 1.40. The first kappa shape index (κ1) is 15.7. The first-order chi connectivity index (χ1) is 9.47. The number of piperazine rings is 1. The number of carbonyl (C=O) groups is 1. The standard InChI is InChI=1S/C15H30N4O/c1-11(2)17-14(15(16)20)6-8-18-10-13-5-4-7-19(13)9-12(18)3/h11-14,17H,4-10H2,1-3H3,(H2,16,20). The number of hydrogen-bond acceptors (Lipinski definition) is 4. The molecule has 2 heterocycles. The van der Waals surface area contributed by atoms with E-state index in [-0.39, 0.29) is 18.0 Å². The first-order valence-corrected chi connectivity index (χ1v) is 8.01. The lowest BCUT2D eigenvalue weighted by Crippen LogP contribution is -2.56. The molecule has 1 amide bonds. The number of nitrogens with one attached hydrogen (secondary N) is 1. The molecule has 0 aliphatic carbocycles. The Bertz CT molecular complexity index is 334. The van der Waals surface area contributed by atoms with Crippen LogP contribution in [0.4, 0.5) is 0 Å². The molecule has 2 saturated heterocycles. The highest BCUT2D eigenvalue weighted by Gasteiger charge is 2.34. The van der Waals surface area contributed by atoms with Crippen LogP contribution >= 0.6 is 0 Å². The number of rotatable bonds is 6. The predicted octanol–water partition coefficient (Wildman–Crippen LogP) is 0.397. The Morgan fingerprint density at radius 2 is 2.15 bits per heavy atom. The lowest BCUT2D eigenvalue weighted by atomic mass is 10.1. The molecule has 0 aromatic rings. The Hall–Kier alpha value is -0.650. The fourth-order valence-corrected chi connectivity index (χ4v) is 3.56. The van der Waals surface area contributed by atoms with Crippen molar-refractivity contribution in [3.63, 3.8) is 0 Å².